The molecule has 0 aliphatic carbocycles. The lowest BCUT2D eigenvalue weighted by molar-refractivity contribution is -0.127. The van der Waals surface area contributed by atoms with Gasteiger partial charge in [-0.05, 0) is 19.8 Å². The molecule has 0 saturated carbocycles. The van der Waals surface area contributed by atoms with Gasteiger partial charge >= 0.3 is 22.5 Å². The molecule has 0 aromatic rings. The summed E-state index contributed by atoms with van der Waals surface area (Å²) in [6, 6.07) is -2.36. The first-order chi connectivity index (χ1) is 10.7. The van der Waals surface area contributed by atoms with E-state index in [1.807, 2.05) is 5.43 Å². The lowest BCUT2D eigenvalue weighted by Gasteiger charge is -2.29. The number of piperidine rings is 1. The van der Waals surface area contributed by atoms with Gasteiger partial charge in [-0.3, -0.25) is 14.8 Å². The number of ether oxygens (including phenoxy) is 1. The first-order valence-corrected chi connectivity index (χ1v) is 8.09. The number of hydrazine groups is 1. The van der Waals surface area contributed by atoms with Crippen molar-refractivity contribution in [3.8, 4) is 0 Å². The maximum atomic E-state index is 12.1. The van der Waals surface area contributed by atoms with Crippen LogP contribution in [0, 0.1) is 0 Å². The average Bonchev–Trinajstić information content (AvgIpc) is 2.69. The number of nitrogens with one attached hydrogen (secondary N) is 2. The van der Waals surface area contributed by atoms with E-state index in [-0.39, 0.29) is 26.0 Å². The summed E-state index contributed by atoms with van der Waals surface area (Å²) in [7, 11) is -4.84. The summed E-state index contributed by atoms with van der Waals surface area (Å²) in [6.07, 6.45) is -0.327. The van der Waals surface area contributed by atoms with E-state index < -0.39 is 40.5 Å². The highest BCUT2D eigenvalue weighted by atomic mass is 32.3. The fourth-order valence-corrected chi connectivity index (χ4v) is 2.86. The van der Waals surface area contributed by atoms with E-state index in [0.29, 0.717) is 5.06 Å². The highest BCUT2D eigenvalue weighted by molar-refractivity contribution is 7.80. The zero-order valence-corrected chi connectivity index (χ0v) is 12.9. The van der Waals surface area contributed by atoms with Gasteiger partial charge in [-0.1, -0.05) is 0 Å². The molecule has 13 heteroatoms. The van der Waals surface area contributed by atoms with Crippen LogP contribution in [0.1, 0.15) is 19.8 Å². The topological polar surface area (TPSA) is 155 Å². The summed E-state index contributed by atoms with van der Waals surface area (Å²) >= 11 is 0. The molecule has 130 valence electrons. The zero-order valence-electron chi connectivity index (χ0n) is 12.1. The van der Waals surface area contributed by atoms with Gasteiger partial charge in [-0.15, -0.1) is 4.28 Å². The minimum absolute atomic E-state index is 0.0614. The van der Waals surface area contributed by atoms with Crippen LogP contribution >= 0.6 is 0 Å². The standard InChI is InChI=1S/C10H16N4O8S/c1-2-21-9(16)12-11-8(15)7-4-3-6-5-13(7)10(17)14(6)22-23(18,19)20/h6-7H,2-5H2,1H3,(H,11,15)(H,12,16)(H,18,19,20)/t6-,7+/m1/s1. The van der Waals surface area contributed by atoms with Crippen LogP contribution in [0.5, 0.6) is 0 Å². The van der Waals surface area contributed by atoms with E-state index in [1.165, 1.54) is 0 Å². The second-order valence-corrected chi connectivity index (χ2v) is 5.85. The van der Waals surface area contributed by atoms with E-state index in [9.17, 15) is 22.8 Å². The molecule has 23 heavy (non-hydrogen) atoms. The van der Waals surface area contributed by atoms with Crippen molar-refractivity contribution in [2.24, 2.45) is 0 Å². The van der Waals surface area contributed by atoms with Crippen molar-refractivity contribution >= 4 is 28.4 Å². The summed E-state index contributed by atoms with van der Waals surface area (Å²) in [5, 5.41) is 0.529. The highest BCUT2D eigenvalue weighted by Gasteiger charge is 2.49. The first kappa shape index (κ1) is 17.2. The Morgan fingerprint density at radius 2 is 2.04 bits per heavy atom. The zero-order chi connectivity index (χ0) is 17.2. The Hall–Kier alpha value is -2.12. The molecule has 2 aliphatic rings. The number of hydroxylamine groups is 2. The summed E-state index contributed by atoms with van der Waals surface area (Å²) in [6.45, 7) is 1.78. The number of carbonyl (C=O) groups excluding carboxylic acids is 3. The van der Waals surface area contributed by atoms with Crippen LogP contribution in [0.15, 0.2) is 0 Å². The predicted molar refractivity (Wildman–Crippen MR) is 71.7 cm³/mol. The SMILES string of the molecule is CCOC(=O)NNC(=O)[C@@H]1CC[C@@H]2CN1C(=O)N2OS(=O)(=O)O. The Kier molecular flexibility index (Phi) is 4.91. The maximum absolute atomic E-state index is 12.1. The highest BCUT2D eigenvalue weighted by Crippen LogP contribution is 2.30. The molecule has 12 nitrogen and oxygen atoms in total. The molecule has 2 bridgehead atoms. The summed E-state index contributed by atoms with van der Waals surface area (Å²) < 4.78 is 39.0. The van der Waals surface area contributed by atoms with E-state index in [1.54, 1.807) is 6.92 Å². The Balaban J connectivity index is 1.98. The molecule has 3 N–H and O–H groups in total. The van der Waals surface area contributed by atoms with Gasteiger partial charge in [0.2, 0.25) is 0 Å². The Labute approximate surface area is 131 Å². The van der Waals surface area contributed by atoms with Gasteiger partial charge in [0, 0.05) is 6.54 Å². The molecule has 2 rings (SSSR count). The van der Waals surface area contributed by atoms with E-state index >= 15 is 0 Å². The number of nitrogens with zero attached hydrogens (tertiary/aromatic N) is 2. The molecule has 0 aromatic heterocycles. The molecule has 0 unspecified atom stereocenters. The normalized spacial score (nSPS) is 23.7. The third kappa shape index (κ3) is 4.00. The van der Waals surface area contributed by atoms with Gasteiger partial charge in [-0.2, -0.15) is 13.5 Å². The number of hydrogen-bond donors (Lipinski definition) is 3. The van der Waals surface area contributed by atoms with Crippen LogP contribution in [0.3, 0.4) is 0 Å². The lowest BCUT2D eigenvalue weighted by atomic mass is 10.0. The van der Waals surface area contributed by atoms with Gasteiger partial charge in [0.15, 0.2) is 0 Å². The minimum atomic E-state index is -4.84. The molecule has 2 fully saturated rings. The second-order valence-electron chi connectivity index (χ2n) is 4.84. The van der Waals surface area contributed by atoms with Gasteiger partial charge in [0.25, 0.3) is 5.91 Å². The largest absolute Gasteiger partial charge is 0.449 e. The number of amides is 4. The van der Waals surface area contributed by atoms with Crippen LogP contribution in [-0.4, -0.2) is 66.2 Å². The van der Waals surface area contributed by atoms with Gasteiger partial charge in [0.1, 0.15) is 6.04 Å². The van der Waals surface area contributed by atoms with E-state index in [4.69, 9.17) is 4.55 Å². The Morgan fingerprint density at radius 1 is 1.35 bits per heavy atom. The molecule has 4 amide bonds. The number of hydrogen-bond acceptors (Lipinski definition) is 7. The van der Waals surface area contributed by atoms with Crippen molar-refractivity contribution in [2.75, 3.05) is 13.2 Å². The fraction of sp³-hybridized carbons (Fsp3) is 0.700. The molecular formula is C10H16N4O8S. The summed E-state index contributed by atoms with van der Waals surface area (Å²) in [4.78, 5) is 36.3. The van der Waals surface area contributed by atoms with Gasteiger partial charge < -0.3 is 9.64 Å². The Morgan fingerprint density at radius 3 is 2.65 bits per heavy atom. The smallest absolute Gasteiger partial charge is 0.426 e. The van der Waals surface area contributed by atoms with Crippen molar-refractivity contribution in [3.05, 3.63) is 0 Å². The van der Waals surface area contributed by atoms with Crippen LogP contribution < -0.4 is 10.9 Å². The third-order valence-electron chi connectivity index (χ3n) is 3.36. The van der Waals surface area contributed by atoms with E-state index in [0.717, 1.165) is 4.90 Å². The molecule has 2 atom stereocenters. The van der Waals surface area contributed by atoms with Crippen molar-refractivity contribution in [3.63, 3.8) is 0 Å². The molecule has 0 radical (unpaired) electrons. The molecule has 2 saturated heterocycles. The maximum Gasteiger partial charge on any atom is 0.426 e. The van der Waals surface area contributed by atoms with Crippen molar-refractivity contribution in [1.82, 2.24) is 20.8 Å². The molecular weight excluding hydrogens is 336 g/mol. The molecule has 0 aromatic carbocycles. The fourth-order valence-electron chi connectivity index (χ4n) is 2.47. The van der Waals surface area contributed by atoms with Crippen LogP contribution in [0.25, 0.3) is 0 Å². The minimum Gasteiger partial charge on any atom is -0.449 e. The van der Waals surface area contributed by atoms with E-state index in [2.05, 4.69) is 14.4 Å². The predicted octanol–water partition coefficient (Wildman–Crippen LogP) is -1.23. The van der Waals surface area contributed by atoms with Crippen molar-refractivity contribution in [1.29, 1.82) is 0 Å². The molecule has 2 aliphatic heterocycles. The quantitative estimate of drug-likeness (QED) is 0.419. The molecule has 2 heterocycles. The first-order valence-electron chi connectivity index (χ1n) is 6.72. The van der Waals surface area contributed by atoms with Gasteiger partial charge in [-0.25, -0.2) is 15.0 Å². The number of carbonyl (C=O) groups is 3. The molecule has 0 spiro atoms. The lowest BCUT2D eigenvalue weighted by Crippen LogP contribution is -2.54. The van der Waals surface area contributed by atoms with Crippen LogP contribution in [-0.2, 0) is 24.2 Å². The number of urea groups is 1. The van der Waals surface area contributed by atoms with Crippen LogP contribution in [0.4, 0.5) is 9.59 Å². The second kappa shape index (κ2) is 6.55. The van der Waals surface area contributed by atoms with Crippen molar-refractivity contribution < 1.29 is 36.4 Å². The summed E-state index contributed by atoms with van der Waals surface area (Å²) in [5.41, 5.74) is 4.14. The third-order valence-corrected chi connectivity index (χ3v) is 3.71. The monoisotopic (exact) mass is 352 g/mol. The van der Waals surface area contributed by atoms with Crippen LogP contribution in [0.2, 0.25) is 0 Å². The summed E-state index contributed by atoms with van der Waals surface area (Å²) in [5.74, 6) is -0.654. The average molecular weight is 352 g/mol. The Bertz CT molecular complexity index is 608. The number of fused-ring (bicyclic) bond motifs is 2. The van der Waals surface area contributed by atoms with Crippen molar-refractivity contribution in [2.45, 2.75) is 31.8 Å². The number of rotatable bonds is 4. The van der Waals surface area contributed by atoms with Gasteiger partial charge in [0.05, 0.1) is 12.6 Å².